The molecule has 5 aromatic rings. The van der Waals surface area contributed by atoms with Gasteiger partial charge in [0.2, 0.25) is 0 Å². The number of hydrogen-bond donors (Lipinski definition) is 4. The molecule has 4 N–H and O–H groups in total. The molecule has 0 saturated carbocycles. The number of nitrogens with zero attached hydrogens (tertiary/aromatic N) is 2. The van der Waals surface area contributed by atoms with Crippen molar-refractivity contribution >= 4 is 92.8 Å². The van der Waals surface area contributed by atoms with Gasteiger partial charge in [-0.05, 0) is 110 Å². The molecule has 262 valence electrons. The van der Waals surface area contributed by atoms with E-state index >= 15 is 0 Å². The van der Waals surface area contributed by atoms with Crippen LogP contribution in [0.2, 0.25) is 20.1 Å². The highest BCUT2D eigenvalue weighted by Crippen LogP contribution is 2.24. The van der Waals surface area contributed by atoms with Crippen molar-refractivity contribution in [3.05, 3.63) is 163 Å². The van der Waals surface area contributed by atoms with Crippen LogP contribution in [0.1, 0.15) is 66.4 Å². The maximum absolute atomic E-state index is 12.8. The molecular weight excluding hydrogens is 746 g/mol. The maximum Gasteiger partial charge on any atom is 0.271 e. The first-order valence-electron chi connectivity index (χ1n) is 15.4. The SMILES string of the molecule is CC(=NNC(=O)c1ccc(C(=O)NN=C(C)c2cccc(NC(=O)c3ccc(Cl)cc3Cl)c2)cc1)c1cccc(NC(=O)c2ccc(Cl)cc2Cl)c1. The van der Waals surface area contributed by atoms with Crippen LogP contribution >= 0.6 is 46.4 Å². The number of carbonyl (C=O) groups is 4. The number of nitrogens with one attached hydrogen (secondary N) is 4. The van der Waals surface area contributed by atoms with E-state index < -0.39 is 23.6 Å². The van der Waals surface area contributed by atoms with Crippen LogP contribution in [0.4, 0.5) is 11.4 Å². The Kier molecular flexibility index (Phi) is 12.4. The van der Waals surface area contributed by atoms with E-state index in [2.05, 4.69) is 31.7 Å². The van der Waals surface area contributed by atoms with Crippen LogP contribution in [0.3, 0.4) is 0 Å². The van der Waals surface area contributed by atoms with Crippen molar-refractivity contribution in [3.63, 3.8) is 0 Å². The smallest absolute Gasteiger partial charge is 0.271 e. The summed E-state index contributed by atoms with van der Waals surface area (Å²) in [5, 5.41) is 15.2. The van der Waals surface area contributed by atoms with Crippen molar-refractivity contribution in [3.8, 4) is 0 Å². The summed E-state index contributed by atoms with van der Waals surface area (Å²) in [5.74, 6) is -1.80. The van der Waals surface area contributed by atoms with Gasteiger partial charge in [-0.15, -0.1) is 0 Å². The van der Waals surface area contributed by atoms with E-state index in [0.717, 1.165) is 0 Å². The van der Waals surface area contributed by atoms with Crippen molar-refractivity contribution in [1.82, 2.24) is 10.9 Å². The third-order valence-corrected chi connectivity index (χ3v) is 8.58. The molecule has 0 bridgehead atoms. The topological polar surface area (TPSA) is 141 Å². The lowest BCUT2D eigenvalue weighted by atomic mass is 10.1. The molecule has 0 aliphatic heterocycles. The molecule has 0 spiro atoms. The van der Waals surface area contributed by atoms with E-state index in [0.29, 0.717) is 44.0 Å². The maximum atomic E-state index is 12.8. The van der Waals surface area contributed by atoms with E-state index in [-0.39, 0.29) is 32.3 Å². The summed E-state index contributed by atoms with van der Waals surface area (Å²) in [7, 11) is 0. The minimum Gasteiger partial charge on any atom is -0.322 e. The fourth-order valence-electron chi connectivity index (χ4n) is 4.69. The van der Waals surface area contributed by atoms with E-state index in [1.807, 2.05) is 0 Å². The molecule has 10 nitrogen and oxygen atoms in total. The van der Waals surface area contributed by atoms with Gasteiger partial charge in [0, 0.05) is 32.5 Å². The van der Waals surface area contributed by atoms with Gasteiger partial charge in [0.25, 0.3) is 23.6 Å². The number of rotatable bonds is 10. The highest BCUT2D eigenvalue weighted by molar-refractivity contribution is 6.38. The largest absolute Gasteiger partial charge is 0.322 e. The minimum atomic E-state index is -0.493. The molecule has 52 heavy (non-hydrogen) atoms. The van der Waals surface area contributed by atoms with Gasteiger partial charge in [0.15, 0.2) is 0 Å². The van der Waals surface area contributed by atoms with Gasteiger partial charge in [-0.3, -0.25) is 19.2 Å². The fraction of sp³-hybridized carbons (Fsp3) is 0.0526. The first-order valence-corrected chi connectivity index (χ1v) is 16.9. The molecule has 0 aliphatic rings. The normalized spacial score (nSPS) is 11.4. The Balaban J connectivity index is 1.15. The Bertz CT molecular complexity index is 2100. The molecule has 5 aromatic carbocycles. The number of halogens is 4. The predicted molar refractivity (Wildman–Crippen MR) is 208 cm³/mol. The quantitative estimate of drug-likeness (QED) is 0.0830. The Labute approximate surface area is 318 Å². The molecule has 0 aliphatic carbocycles. The van der Waals surface area contributed by atoms with Crippen LogP contribution in [0.5, 0.6) is 0 Å². The summed E-state index contributed by atoms with van der Waals surface area (Å²) < 4.78 is 0. The standard InChI is InChI=1S/C38H28Cl4N6O4/c1-21(25-5-3-7-29(17-25)43-37(51)31-15-13-27(39)19-33(31)41)45-47-35(49)23-9-11-24(12-10-23)36(50)48-46-22(2)26-6-4-8-30(18-26)44-38(52)32-16-14-28(40)20-34(32)42/h3-20H,1-2H3,(H,43,51)(H,44,52)(H,47,49)(H,48,50). The van der Waals surface area contributed by atoms with Gasteiger partial charge < -0.3 is 10.6 Å². The summed E-state index contributed by atoms with van der Waals surface area (Å²) in [5.41, 5.74) is 9.37. The van der Waals surface area contributed by atoms with Gasteiger partial charge in [-0.1, -0.05) is 70.7 Å². The lowest BCUT2D eigenvalue weighted by Gasteiger charge is -2.09. The van der Waals surface area contributed by atoms with Gasteiger partial charge in [0.1, 0.15) is 0 Å². The fourth-order valence-corrected chi connectivity index (χ4v) is 5.68. The van der Waals surface area contributed by atoms with Gasteiger partial charge in [0.05, 0.1) is 32.6 Å². The average Bonchev–Trinajstić information content (AvgIpc) is 3.12. The predicted octanol–water partition coefficient (Wildman–Crippen LogP) is 9.11. The number of hydrazone groups is 2. The third kappa shape index (κ3) is 9.83. The summed E-state index contributed by atoms with van der Waals surface area (Å²) in [6, 6.07) is 29.0. The lowest BCUT2D eigenvalue weighted by Crippen LogP contribution is -2.21. The molecule has 14 heteroatoms. The monoisotopic (exact) mass is 772 g/mol. The zero-order valence-corrected chi connectivity index (χ0v) is 30.5. The molecular formula is C38H28Cl4N6O4. The van der Waals surface area contributed by atoms with Gasteiger partial charge in [-0.2, -0.15) is 10.2 Å². The van der Waals surface area contributed by atoms with E-state index in [9.17, 15) is 19.2 Å². The molecule has 0 heterocycles. The second-order valence-electron chi connectivity index (χ2n) is 11.2. The van der Waals surface area contributed by atoms with Crippen LogP contribution in [0.25, 0.3) is 0 Å². The Morgan fingerprint density at radius 1 is 0.462 bits per heavy atom. The molecule has 0 aromatic heterocycles. The van der Waals surface area contributed by atoms with Crippen LogP contribution in [-0.4, -0.2) is 35.1 Å². The summed E-state index contributed by atoms with van der Waals surface area (Å²) in [4.78, 5) is 51.0. The first kappa shape index (κ1) is 37.7. The van der Waals surface area contributed by atoms with Crippen LogP contribution in [0, 0.1) is 0 Å². The molecule has 5 rings (SSSR count). The summed E-state index contributed by atoms with van der Waals surface area (Å²) in [6.45, 7) is 3.41. The molecule has 0 fully saturated rings. The van der Waals surface area contributed by atoms with Crippen LogP contribution in [0.15, 0.2) is 119 Å². The minimum absolute atomic E-state index is 0.225. The van der Waals surface area contributed by atoms with Crippen LogP contribution < -0.4 is 21.5 Å². The van der Waals surface area contributed by atoms with Crippen molar-refractivity contribution in [2.75, 3.05) is 10.6 Å². The number of amides is 4. The number of hydrogen-bond acceptors (Lipinski definition) is 6. The van der Waals surface area contributed by atoms with E-state index in [4.69, 9.17) is 46.4 Å². The number of benzene rings is 5. The Morgan fingerprint density at radius 2 is 0.846 bits per heavy atom. The molecule has 0 atom stereocenters. The second kappa shape index (κ2) is 17.1. The first-order chi connectivity index (χ1) is 24.9. The van der Waals surface area contributed by atoms with E-state index in [1.54, 1.807) is 74.5 Å². The Hall–Kier alpha value is -5.52. The Morgan fingerprint density at radius 3 is 1.21 bits per heavy atom. The van der Waals surface area contributed by atoms with Crippen LogP contribution in [-0.2, 0) is 0 Å². The highest BCUT2D eigenvalue weighted by atomic mass is 35.5. The zero-order valence-electron chi connectivity index (χ0n) is 27.4. The summed E-state index contributed by atoms with van der Waals surface area (Å²) in [6.07, 6.45) is 0. The van der Waals surface area contributed by atoms with Crippen molar-refractivity contribution < 1.29 is 19.2 Å². The zero-order chi connectivity index (χ0) is 37.4. The molecule has 0 radical (unpaired) electrons. The van der Waals surface area contributed by atoms with Gasteiger partial charge in [-0.25, -0.2) is 10.9 Å². The highest BCUT2D eigenvalue weighted by Gasteiger charge is 2.14. The number of anilines is 2. The van der Waals surface area contributed by atoms with Crippen molar-refractivity contribution in [2.45, 2.75) is 13.8 Å². The second-order valence-corrected chi connectivity index (χ2v) is 12.9. The van der Waals surface area contributed by atoms with Gasteiger partial charge >= 0.3 is 0 Å². The molecule has 0 saturated heterocycles. The van der Waals surface area contributed by atoms with Crippen molar-refractivity contribution in [2.24, 2.45) is 10.2 Å². The molecule has 0 unspecified atom stereocenters. The lowest BCUT2D eigenvalue weighted by molar-refractivity contribution is 0.0943. The van der Waals surface area contributed by atoms with E-state index in [1.165, 1.54) is 48.5 Å². The van der Waals surface area contributed by atoms with Crippen molar-refractivity contribution in [1.29, 1.82) is 0 Å². The average molecular weight is 774 g/mol. The third-order valence-electron chi connectivity index (χ3n) is 7.49. The number of carbonyl (C=O) groups excluding carboxylic acids is 4. The molecule has 4 amide bonds. The summed E-state index contributed by atoms with van der Waals surface area (Å²) >= 11 is 24.2.